The zero-order valence-electron chi connectivity index (χ0n) is 19.4. The molecular weight excluding hydrogens is 501 g/mol. The number of halogens is 3. The van der Waals surface area contributed by atoms with Crippen molar-refractivity contribution in [3.8, 4) is 0 Å². The van der Waals surface area contributed by atoms with Crippen molar-refractivity contribution in [1.29, 1.82) is 0 Å². The van der Waals surface area contributed by atoms with Crippen LogP contribution in [0, 0.1) is 0 Å². The van der Waals surface area contributed by atoms with Crippen LogP contribution in [0.25, 0.3) is 0 Å². The zero-order chi connectivity index (χ0) is 24.4. The number of anilines is 1. The number of amides is 1. The third-order valence-electron chi connectivity index (χ3n) is 7.02. The SMILES string of the molecule is O=C(C(c1ccccc1)N1CCCC1)N1CCN(c2ccc(Cl)cc2Cl)C(c2ccc(Cl)cc2)C1. The van der Waals surface area contributed by atoms with E-state index in [0.717, 1.165) is 42.7 Å². The Morgan fingerprint density at radius 1 is 0.800 bits per heavy atom. The first-order valence-corrected chi connectivity index (χ1v) is 13.2. The Kier molecular flexibility index (Phi) is 7.54. The molecule has 0 spiro atoms. The molecule has 0 radical (unpaired) electrons. The van der Waals surface area contributed by atoms with Gasteiger partial charge in [0.05, 0.1) is 16.8 Å². The number of carbonyl (C=O) groups is 1. The van der Waals surface area contributed by atoms with Crippen LogP contribution in [0.15, 0.2) is 72.8 Å². The van der Waals surface area contributed by atoms with Gasteiger partial charge in [0.2, 0.25) is 5.91 Å². The summed E-state index contributed by atoms with van der Waals surface area (Å²) in [6.07, 6.45) is 2.26. The van der Waals surface area contributed by atoms with E-state index < -0.39 is 0 Å². The number of hydrogen-bond donors (Lipinski definition) is 0. The Hall–Kier alpha value is -2.24. The summed E-state index contributed by atoms with van der Waals surface area (Å²) in [5.41, 5.74) is 3.07. The maximum Gasteiger partial charge on any atom is 0.244 e. The van der Waals surface area contributed by atoms with Crippen molar-refractivity contribution in [2.45, 2.75) is 24.9 Å². The van der Waals surface area contributed by atoms with Crippen LogP contribution in [-0.4, -0.2) is 48.4 Å². The molecule has 3 aromatic carbocycles. The van der Waals surface area contributed by atoms with Gasteiger partial charge in [0.25, 0.3) is 0 Å². The second kappa shape index (κ2) is 10.8. The van der Waals surface area contributed by atoms with Crippen molar-refractivity contribution in [2.75, 3.05) is 37.6 Å². The van der Waals surface area contributed by atoms with Gasteiger partial charge in [-0.25, -0.2) is 0 Å². The monoisotopic (exact) mass is 527 g/mol. The molecule has 2 fully saturated rings. The first-order chi connectivity index (χ1) is 17.0. The fourth-order valence-electron chi connectivity index (χ4n) is 5.27. The van der Waals surface area contributed by atoms with Crippen molar-refractivity contribution in [2.24, 2.45) is 0 Å². The maximum absolute atomic E-state index is 14.1. The number of carbonyl (C=O) groups excluding carboxylic acids is 1. The highest BCUT2D eigenvalue weighted by molar-refractivity contribution is 6.36. The van der Waals surface area contributed by atoms with E-state index in [-0.39, 0.29) is 18.0 Å². The van der Waals surface area contributed by atoms with E-state index in [1.54, 1.807) is 6.07 Å². The molecule has 3 aromatic rings. The van der Waals surface area contributed by atoms with Gasteiger partial charge >= 0.3 is 0 Å². The molecule has 2 heterocycles. The van der Waals surface area contributed by atoms with Gasteiger partial charge in [-0.15, -0.1) is 0 Å². The first kappa shape index (κ1) is 24.5. The predicted molar refractivity (Wildman–Crippen MR) is 145 cm³/mol. The lowest BCUT2D eigenvalue weighted by Gasteiger charge is -2.45. The number of nitrogens with zero attached hydrogens (tertiary/aromatic N) is 3. The second-order valence-corrected chi connectivity index (χ2v) is 10.5. The molecule has 7 heteroatoms. The van der Waals surface area contributed by atoms with Gasteiger partial charge in [0.1, 0.15) is 6.04 Å². The van der Waals surface area contributed by atoms with Gasteiger partial charge in [-0.05, 0) is 67.4 Å². The minimum Gasteiger partial charge on any atom is -0.360 e. The van der Waals surface area contributed by atoms with Crippen molar-refractivity contribution in [3.63, 3.8) is 0 Å². The van der Waals surface area contributed by atoms with Crippen molar-refractivity contribution >= 4 is 46.4 Å². The van der Waals surface area contributed by atoms with Crippen LogP contribution in [0.2, 0.25) is 15.1 Å². The molecule has 0 aromatic heterocycles. The first-order valence-electron chi connectivity index (χ1n) is 12.1. The van der Waals surface area contributed by atoms with Crippen molar-refractivity contribution in [3.05, 3.63) is 99.0 Å². The fourth-order valence-corrected chi connectivity index (χ4v) is 5.92. The molecular formula is C28H28Cl3N3O. The molecule has 2 saturated heterocycles. The van der Waals surface area contributed by atoms with Crippen LogP contribution in [-0.2, 0) is 4.79 Å². The van der Waals surface area contributed by atoms with Crippen LogP contribution in [0.1, 0.15) is 36.1 Å². The van der Waals surface area contributed by atoms with Crippen LogP contribution in [0.3, 0.4) is 0 Å². The smallest absolute Gasteiger partial charge is 0.244 e. The van der Waals surface area contributed by atoms with Gasteiger partial charge in [-0.2, -0.15) is 0 Å². The van der Waals surface area contributed by atoms with Crippen molar-refractivity contribution in [1.82, 2.24) is 9.80 Å². The van der Waals surface area contributed by atoms with Gasteiger partial charge in [-0.3, -0.25) is 9.69 Å². The van der Waals surface area contributed by atoms with E-state index in [1.807, 2.05) is 59.5 Å². The lowest BCUT2D eigenvalue weighted by atomic mass is 9.99. The molecule has 2 aliphatic rings. The molecule has 0 saturated carbocycles. The summed E-state index contributed by atoms with van der Waals surface area (Å²) < 4.78 is 0. The molecule has 35 heavy (non-hydrogen) atoms. The summed E-state index contributed by atoms with van der Waals surface area (Å²) >= 11 is 19.0. The van der Waals surface area contributed by atoms with Crippen LogP contribution in [0.4, 0.5) is 5.69 Å². The Morgan fingerprint density at radius 2 is 1.49 bits per heavy atom. The number of piperazine rings is 1. The third kappa shape index (κ3) is 5.31. The molecule has 1 amide bonds. The van der Waals surface area contributed by atoms with Crippen LogP contribution < -0.4 is 4.90 Å². The Labute approximate surface area is 222 Å². The molecule has 4 nitrogen and oxygen atoms in total. The summed E-state index contributed by atoms with van der Waals surface area (Å²) in [4.78, 5) is 20.7. The molecule has 0 bridgehead atoms. The summed E-state index contributed by atoms with van der Waals surface area (Å²) in [7, 11) is 0. The van der Waals surface area contributed by atoms with E-state index in [2.05, 4.69) is 21.9 Å². The van der Waals surface area contributed by atoms with Crippen LogP contribution in [0.5, 0.6) is 0 Å². The predicted octanol–water partition coefficient (Wildman–Crippen LogP) is 6.87. The normalized spacial score (nSPS) is 19.7. The molecule has 0 aliphatic carbocycles. The van der Waals surface area contributed by atoms with E-state index in [4.69, 9.17) is 34.8 Å². The lowest BCUT2D eigenvalue weighted by molar-refractivity contribution is -0.137. The summed E-state index contributed by atoms with van der Waals surface area (Å²) in [5, 5.41) is 1.90. The van der Waals surface area contributed by atoms with E-state index in [9.17, 15) is 4.79 Å². The van der Waals surface area contributed by atoms with Gasteiger partial charge in [0, 0.05) is 29.7 Å². The fraction of sp³-hybridized carbons (Fsp3) is 0.321. The lowest BCUT2D eigenvalue weighted by Crippen LogP contribution is -2.53. The molecule has 2 atom stereocenters. The number of hydrogen-bond acceptors (Lipinski definition) is 3. The van der Waals surface area contributed by atoms with Crippen LogP contribution >= 0.6 is 34.8 Å². The number of benzene rings is 3. The molecule has 0 N–H and O–H groups in total. The zero-order valence-corrected chi connectivity index (χ0v) is 21.7. The van der Waals surface area contributed by atoms with Gasteiger partial charge < -0.3 is 9.80 Å². The average Bonchev–Trinajstić information content (AvgIpc) is 3.40. The van der Waals surface area contributed by atoms with Gasteiger partial charge in [-0.1, -0.05) is 77.3 Å². The number of likely N-dealkylation sites (tertiary alicyclic amines) is 1. The third-order valence-corrected chi connectivity index (χ3v) is 7.81. The Morgan fingerprint density at radius 3 is 2.17 bits per heavy atom. The molecule has 2 aliphatic heterocycles. The van der Waals surface area contributed by atoms with E-state index in [0.29, 0.717) is 34.7 Å². The van der Waals surface area contributed by atoms with E-state index >= 15 is 0 Å². The minimum absolute atomic E-state index is 0.0568. The topological polar surface area (TPSA) is 26.8 Å². The minimum atomic E-state index is -0.254. The summed E-state index contributed by atoms with van der Waals surface area (Å²) in [5.74, 6) is 0.166. The van der Waals surface area contributed by atoms with Crippen molar-refractivity contribution < 1.29 is 4.79 Å². The molecule has 182 valence electrons. The maximum atomic E-state index is 14.1. The van der Waals surface area contributed by atoms with Gasteiger partial charge in [0.15, 0.2) is 0 Å². The highest BCUT2D eigenvalue weighted by Gasteiger charge is 2.37. The molecule has 2 unspecified atom stereocenters. The number of rotatable bonds is 5. The quantitative estimate of drug-likeness (QED) is 0.361. The summed E-state index contributed by atoms with van der Waals surface area (Å²) in [6, 6.07) is 23.3. The Balaban J connectivity index is 1.47. The molecule has 5 rings (SSSR count). The standard InChI is InChI=1S/C28H28Cl3N3O/c29-22-10-8-20(9-11-22)26-19-33(16-17-34(26)25-13-12-23(30)18-24(25)31)28(35)27(32-14-4-5-15-32)21-6-2-1-3-7-21/h1-3,6-13,18,26-27H,4-5,14-17,19H2. The van der Waals surface area contributed by atoms with E-state index in [1.165, 1.54) is 0 Å². The highest BCUT2D eigenvalue weighted by Crippen LogP contribution is 2.38. The Bertz CT molecular complexity index is 1170. The largest absolute Gasteiger partial charge is 0.360 e. The highest BCUT2D eigenvalue weighted by atomic mass is 35.5. The average molecular weight is 529 g/mol. The second-order valence-electron chi connectivity index (χ2n) is 9.20. The summed E-state index contributed by atoms with van der Waals surface area (Å²) in [6.45, 7) is 3.76.